The number of nitriles is 1. The maximum atomic E-state index is 13.6. The number of rotatable bonds is 6. The first-order chi connectivity index (χ1) is 15.3. The highest BCUT2D eigenvalue weighted by atomic mass is 127. The lowest BCUT2D eigenvalue weighted by molar-refractivity contribution is -0.112. The molecule has 0 heterocycles. The molecule has 4 nitrogen and oxygen atoms in total. The molecule has 32 heavy (non-hydrogen) atoms. The number of anilines is 1. The maximum Gasteiger partial charge on any atom is 0.266 e. The molecule has 0 saturated carbocycles. The van der Waals surface area contributed by atoms with E-state index in [0.717, 1.165) is 25.8 Å². The first-order valence-electron chi connectivity index (χ1n) is 9.92. The average molecular weight is 540 g/mol. The van der Waals surface area contributed by atoms with Gasteiger partial charge in [-0.15, -0.1) is 0 Å². The summed E-state index contributed by atoms with van der Waals surface area (Å²) in [4.78, 5) is 12.7. The zero-order chi connectivity index (χ0) is 23.3. The van der Waals surface area contributed by atoms with Gasteiger partial charge >= 0.3 is 0 Å². The summed E-state index contributed by atoms with van der Waals surface area (Å²) in [5.74, 6) is -0.152. The molecule has 0 atom stereocenters. The van der Waals surface area contributed by atoms with E-state index < -0.39 is 5.91 Å². The third-order valence-electron chi connectivity index (χ3n) is 4.97. The minimum absolute atomic E-state index is 0.0132. The molecule has 0 aromatic heterocycles. The van der Waals surface area contributed by atoms with Gasteiger partial charge in [0, 0.05) is 21.2 Å². The molecule has 0 bridgehead atoms. The van der Waals surface area contributed by atoms with Crippen molar-refractivity contribution in [2.24, 2.45) is 0 Å². The molecule has 3 aromatic rings. The van der Waals surface area contributed by atoms with Crippen LogP contribution in [0.2, 0.25) is 0 Å². The molecule has 0 saturated heterocycles. The average Bonchev–Trinajstić information content (AvgIpc) is 2.75. The summed E-state index contributed by atoms with van der Waals surface area (Å²) in [6.07, 6.45) is 2.04. The molecule has 0 radical (unpaired) electrons. The van der Waals surface area contributed by atoms with E-state index in [2.05, 4.69) is 27.9 Å². The second-order valence-electron chi connectivity index (χ2n) is 7.43. The number of aryl methyl sites for hydroxylation is 2. The minimum Gasteiger partial charge on any atom is -0.496 e. The summed E-state index contributed by atoms with van der Waals surface area (Å²) in [6.45, 7) is 3.88. The summed E-state index contributed by atoms with van der Waals surface area (Å²) in [5, 5.41) is 12.4. The third-order valence-corrected chi connectivity index (χ3v) is 5.94. The molecule has 1 N–H and O–H groups in total. The molecule has 162 valence electrons. The Morgan fingerprint density at radius 1 is 1.19 bits per heavy atom. The summed E-state index contributed by atoms with van der Waals surface area (Å²) in [7, 11) is 1.56. The molecule has 0 aliphatic rings. The minimum atomic E-state index is -0.475. The van der Waals surface area contributed by atoms with E-state index in [1.807, 2.05) is 50.2 Å². The fourth-order valence-electron chi connectivity index (χ4n) is 3.38. The lowest BCUT2D eigenvalue weighted by Gasteiger charge is -2.13. The van der Waals surface area contributed by atoms with Crippen LogP contribution in [0.5, 0.6) is 5.75 Å². The van der Waals surface area contributed by atoms with Gasteiger partial charge in [0.1, 0.15) is 23.2 Å². The molecule has 0 fully saturated rings. The van der Waals surface area contributed by atoms with Crippen LogP contribution < -0.4 is 10.1 Å². The van der Waals surface area contributed by atoms with E-state index in [4.69, 9.17) is 4.74 Å². The smallest absolute Gasteiger partial charge is 0.266 e. The molecule has 3 rings (SSSR count). The quantitative estimate of drug-likeness (QED) is 0.230. The molecule has 0 spiro atoms. The Balaban J connectivity index is 1.89. The number of hydrogen-bond acceptors (Lipinski definition) is 3. The van der Waals surface area contributed by atoms with Crippen molar-refractivity contribution in [1.82, 2.24) is 0 Å². The zero-order valence-electron chi connectivity index (χ0n) is 18.0. The number of carbonyl (C=O) groups is 1. The number of hydrogen-bond donors (Lipinski definition) is 1. The number of carbonyl (C=O) groups excluding carboxylic acids is 1. The van der Waals surface area contributed by atoms with E-state index in [1.165, 1.54) is 18.2 Å². The van der Waals surface area contributed by atoms with E-state index in [1.54, 1.807) is 19.2 Å². The van der Waals surface area contributed by atoms with Crippen LogP contribution in [0.4, 0.5) is 10.1 Å². The molecular formula is C26H22FIN2O2. The molecule has 3 aromatic carbocycles. The number of amides is 1. The highest BCUT2D eigenvalue weighted by Gasteiger charge is 2.14. The van der Waals surface area contributed by atoms with Gasteiger partial charge in [-0.1, -0.05) is 29.8 Å². The third kappa shape index (κ3) is 5.74. The van der Waals surface area contributed by atoms with Gasteiger partial charge in [-0.05, 0) is 89.5 Å². The van der Waals surface area contributed by atoms with Crippen molar-refractivity contribution in [3.05, 3.63) is 97.4 Å². The van der Waals surface area contributed by atoms with Crippen molar-refractivity contribution in [2.75, 3.05) is 12.4 Å². The van der Waals surface area contributed by atoms with Crippen LogP contribution in [0.1, 0.15) is 27.8 Å². The molecule has 0 aliphatic heterocycles. The van der Waals surface area contributed by atoms with Crippen LogP contribution in [-0.4, -0.2) is 13.0 Å². The van der Waals surface area contributed by atoms with Crippen LogP contribution in [-0.2, 0) is 11.2 Å². The van der Waals surface area contributed by atoms with Crippen molar-refractivity contribution < 1.29 is 13.9 Å². The predicted molar refractivity (Wildman–Crippen MR) is 133 cm³/mol. The van der Waals surface area contributed by atoms with Gasteiger partial charge in [0.15, 0.2) is 0 Å². The highest BCUT2D eigenvalue weighted by Crippen LogP contribution is 2.30. The standard InChI is InChI=1S/C26H22FIN2O2/c1-16-7-8-24(17(2)9-16)30-26(31)20(15-29)10-19-13-23(28)22(25(14-19)32-3)12-18-5-4-6-21(27)11-18/h4-11,13-14H,12H2,1-3H3,(H,30,31)/b20-10+. The highest BCUT2D eigenvalue weighted by molar-refractivity contribution is 14.1. The Labute approximate surface area is 200 Å². The van der Waals surface area contributed by atoms with E-state index >= 15 is 0 Å². The molecule has 0 unspecified atom stereocenters. The SMILES string of the molecule is COc1cc(/C=C(\C#N)C(=O)Nc2ccc(C)cc2C)cc(I)c1Cc1cccc(F)c1. The van der Waals surface area contributed by atoms with Crippen LogP contribution in [0.25, 0.3) is 6.08 Å². The number of benzene rings is 3. The monoisotopic (exact) mass is 540 g/mol. The van der Waals surface area contributed by atoms with Gasteiger partial charge in [0.25, 0.3) is 5.91 Å². The van der Waals surface area contributed by atoms with Crippen molar-refractivity contribution in [3.63, 3.8) is 0 Å². The second-order valence-corrected chi connectivity index (χ2v) is 8.59. The van der Waals surface area contributed by atoms with Gasteiger partial charge in [-0.2, -0.15) is 5.26 Å². The van der Waals surface area contributed by atoms with Crippen molar-refractivity contribution in [3.8, 4) is 11.8 Å². The van der Waals surface area contributed by atoms with E-state index in [-0.39, 0.29) is 11.4 Å². The van der Waals surface area contributed by atoms with Crippen molar-refractivity contribution >= 4 is 40.3 Å². The van der Waals surface area contributed by atoms with Gasteiger partial charge in [-0.3, -0.25) is 4.79 Å². The lowest BCUT2D eigenvalue weighted by Crippen LogP contribution is -2.14. The Hall–Kier alpha value is -3.18. The number of ether oxygens (including phenoxy) is 1. The first-order valence-corrected chi connectivity index (χ1v) is 11.0. The second kappa shape index (κ2) is 10.4. The van der Waals surface area contributed by atoms with Gasteiger partial charge < -0.3 is 10.1 Å². The number of nitrogens with one attached hydrogen (secondary N) is 1. The fraction of sp³-hybridized carbons (Fsp3) is 0.154. The summed E-state index contributed by atoms with van der Waals surface area (Å²) >= 11 is 2.19. The number of halogens is 2. The Kier molecular flexibility index (Phi) is 7.65. The molecule has 6 heteroatoms. The van der Waals surface area contributed by atoms with Crippen LogP contribution >= 0.6 is 22.6 Å². The zero-order valence-corrected chi connectivity index (χ0v) is 20.2. The Morgan fingerprint density at radius 3 is 2.62 bits per heavy atom. The summed E-state index contributed by atoms with van der Waals surface area (Å²) < 4.78 is 20.0. The normalized spacial score (nSPS) is 11.1. The van der Waals surface area contributed by atoms with Gasteiger partial charge in [0.2, 0.25) is 0 Å². The van der Waals surface area contributed by atoms with Crippen molar-refractivity contribution in [1.29, 1.82) is 5.26 Å². The molecular weight excluding hydrogens is 518 g/mol. The van der Waals surface area contributed by atoms with Crippen molar-refractivity contribution in [2.45, 2.75) is 20.3 Å². The Morgan fingerprint density at radius 2 is 1.97 bits per heavy atom. The number of nitrogens with zero attached hydrogens (tertiary/aromatic N) is 1. The molecule has 1 amide bonds. The fourth-order valence-corrected chi connectivity index (χ4v) is 4.19. The number of methoxy groups -OCH3 is 1. The largest absolute Gasteiger partial charge is 0.496 e. The summed E-state index contributed by atoms with van der Waals surface area (Å²) in [6, 6.07) is 17.8. The topological polar surface area (TPSA) is 62.1 Å². The predicted octanol–water partition coefficient (Wildman–Crippen LogP) is 6.19. The molecule has 0 aliphatic carbocycles. The van der Waals surface area contributed by atoms with Crippen LogP contribution in [0.15, 0.2) is 60.2 Å². The Bertz CT molecular complexity index is 1250. The lowest BCUT2D eigenvalue weighted by atomic mass is 10.0. The summed E-state index contributed by atoms with van der Waals surface area (Å²) in [5.41, 5.74) is 5.08. The van der Waals surface area contributed by atoms with Crippen LogP contribution in [0, 0.1) is 34.6 Å². The van der Waals surface area contributed by atoms with Gasteiger partial charge in [0.05, 0.1) is 7.11 Å². The first kappa shape index (κ1) is 23.5. The van der Waals surface area contributed by atoms with E-state index in [9.17, 15) is 14.4 Å². The van der Waals surface area contributed by atoms with E-state index in [0.29, 0.717) is 23.4 Å². The van der Waals surface area contributed by atoms with Gasteiger partial charge in [-0.25, -0.2) is 4.39 Å². The van der Waals surface area contributed by atoms with Crippen LogP contribution in [0.3, 0.4) is 0 Å². The maximum absolute atomic E-state index is 13.6.